The van der Waals surface area contributed by atoms with E-state index >= 15 is 0 Å². The van der Waals surface area contributed by atoms with Crippen molar-refractivity contribution >= 4 is 22.7 Å². The minimum Gasteiger partial charge on any atom is -0.358 e. The molecule has 6 heteroatoms. The number of nitrogens with one attached hydrogen (secondary N) is 2. The van der Waals surface area contributed by atoms with Crippen LogP contribution < -0.4 is 5.32 Å². The lowest BCUT2D eigenvalue weighted by Crippen LogP contribution is -2.41. The Morgan fingerprint density at radius 1 is 1.30 bits per heavy atom. The largest absolute Gasteiger partial charge is 0.358 e. The smallest absolute Gasteiger partial charge is 0.239 e. The monoisotopic (exact) mass is 319 g/mol. The van der Waals surface area contributed by atoms with Gasteiger partial charge in [0.25, 0.3) is 0 Å². The molecule has 0 bridgehead atoms. The SMILES string of the molecule is CCNC(=O)CN(CC)C(=O)Cc1c(C)[nH]c2ccc(F)cc12. The van der Waals surface area contributed by atoms with Gasteiger partial charge in [0.1, 0.15) is 5.82 Å². The number of rotatable bonds is 6. The van der Waals surface area contributed by atoms with Gasteiger partial charge in [-0.3, -0.25) is 9.59 Å². The number of aryl methyl sites for hydroxylation is 1. The molecule has 0 atom stereocenters. The van der Waals surface area contributed by atoms with Crippen molar-refractivity contribution in [3.05, 3.63) is 35.3 Å². The summed E-state index contributed by atoms with van der Waals surface area (Å²) < 4.78 is 13.5. The molecule has 124 valence electrons. The summed E-state index contributed by atoms with van der Waals surface area (Å²) in [6.45, 7) is 6.55. The van der Waals surface area contributed by atoms with Crippen LogP contribution in [0.2, 0.25) is 0 Å². The molecule has 0 aliphatic rings. The first-order chi connectivity index (χ1) is 11.0. The van der Waals surface area contributed by atoms with Gasteiger partial charge < -0.3 is 15.2 Å². The van der Waals surface area contributed by atoms with E-state index in [1.165, 1.54) is 17.0 Å². The third-order valence-electron chi connectivity index (χ3n) is 3.85. The topological polar surface area (TPSA) is 65.2 Å². The van der Waals surface area contributed by atoms with Gasteiger partial charge in [-0.2, -0.15) is 0 Å². The Hall–Kier alpha value is -2.37. The maximum absolute atomic E-state index is 13.5. The van der Waals surface area contributed by atoms with Crippen molar-refractivity contribution in [3.8, 4) is 0 Å². The number of hydrogen-bond acceptors (Lipinski definition) is 2. The fourth-order valence-electron chi connectivity index (χ4n) is 2.65. The number of aromatic nitrogens is 1. The summed E-state index contributed by atoms with van der Waals surface area (Å²) in [5.41, 5.74) is 2.42. The number of carbonyl (C=O) groups is 2. The summed E-state index contributed by atoms with van der Waals surface area (Å²) in [5.74, 6) is -0.656. The summed E-state index contributed by atoms with van der Waals surface area (Å²) in [5, 5.41) is 3.40. The molecule has 23 heavy (non-hydrogen) atoms. The van der Waals surface area contributed by atoms with Gasteiger partial charge in [0.2, 0.25) is 11.8 Å². The Morgan fingerprint density at radius 2 is 2.04 bits per heavy atom. The molecule has 2 N–H and O–H groups in total. The van der Waals surface area contributed by atoms with Gasteiger partial charge in [-0.1, -0.05) is 0 Å². The predicted octanol–water partition coefficient (Wildman–Crippen LogP) is 2.14. The number of carbonyl (C=O) groups excluding carboxylic acids is 2. The average molecular weight is 319 g/mol. The van der Waals surface area contributed by atoms with E-state index in [1.54, 1.807) is 6.07 Å². The van der Waals surface area contributed by atoms with Crippen molar-refractivity contribution in [3.63, 3.8) is 0 Å². The number of nitrogens with zero attached hydrogens (tertiary/aromatic N) is 1. The van der Waals surface area contributed by atoms with Crippen molar-refractivity contribution in [2.75, 3.05) is 19.6 Å². The zero-order valence-electron chi connectivity index (χ0n) is 13.7. The summed E-state index contributed by atoms with van der Waals surface area (Å²) in [6.07, 6.45) is 0.141. The van der Waals surface area contributed by atoms with Crippen LogP contribution in [0.15, 0.2) is 18.2 Å². The summed E-state index contributed by atoms with van der Waals surface area (Å²) in [4.78, 5) is 28.8. The van der Waals surface area contributed by atoms with E-state index in [0.29, 0.717) is 18.5 Å². The highest BCUT2D eigenvalue weighted by atomic mass is 19.1. The van der Waals surface area contributed by atoms with Crippen LogP contribution in [0, 0.1) is 12.7 Å². The number of halogens is 1. The third kappa shape index (κ3) is 3.88. The van der Waals surface area contributed by atoms with Crippen LogP contribution >= 0.6 is 0 Å². The molecule has 0 fully saturated rings. The lowest BCUT2D eigenvalue weighted by molar-refractivity contribution is -0.135. The molecule has 0 spiro atoms. The molecule has 2 aromatic rings. The quantitative estimate of drug-likeness (QED) is 0.857. The van der Waals surface area contributed by atoms with Crippen molar-refractivity contribution in [2.45, 2.75) is 27.2 Å². The number of likely N-dealkylation sites (N-methyl/N-ethyl adjacent to an activating group) is 2. The van der Waals surface area contributed by atoms with Crippen molar-refractivity contribution in [1.29, 1.82) is 0 Å². The Bertz CT molecular complexity index is 724. The van der Waals surface area contributed by atoms with Crippen LogP contribution in [0.5, 0.6) is 0 Å². The van der Waals surface area contributed by atoms with Gasteiger partial charge in [-0.15, -0.1) is 0 Å². The first-order valence-electron chi connectivity index (χ1n) is 7.77. The highest BCUT2D eigenvalue weighted by Crippen LogP contribution is 2.24. The first-order valence-corrected chi connectivity index (χ1v) is 7.77. The number of aromatic amines is 1. The third-order valence-corrected chi connectivity index (χ3v) is 3.85. The highest BCUT2D eigenvalue weighted by molar-refractivity contribution is 5.91. The molecule has 5 nitrogen and oxygen atoms in total. The van der Waals surface area contributed by atoms with Gasteiger partial charge >= 0.3 is 0 Å². The zero-order valence-corrected chi connectivity index (χ0v) is 13.7. The van der Waals surface area contributed by atoms with Crippen molar-refractivity contribution in [1.82, 2.24) is 15.2 Å². The molecule has 2 amide bonds. The van der Waals surface area contributed by atoms with Gasteiger partial charge in [0.15, 0.2) is 0 Å². The van der Waals surface area contributed by atoms with Crippen LogP contribution in [0.1, 0.15) is 25.1 Å². The Labute approximate surface area is 134 Å². The zero-order chi connectivity index (χ0) is 17.0. The molecule has 1 aromatic heterocycles. The standard InChI is InChI=1S/C17H22FN3O2/c1-4-19-16(22)10-21(5-2)17(23)9-13-11(3)20-15-7-6-12(18)8-14(13)15/h6-8,20H,4-5,9-10H2,1-3H3,(H,19,22). The van der Waals surface area contributed by atoms with E-state index in [2.05, 4.69) is 10.3 Å². The van der Waals surface area contributed by atoms with Gasteiger partial charge in [-0.25, -0.2) is 4.39 Å². The van der Waals surface area contributed by atoms with E-state index in [9.17, 15) is 14.0 Å². The predicted molar refractivity (Wildman–Crippen MR) is 87.6 cm³/mol. The van der Waals surface area contributed by atoms with Crippen LogP contribution in [0.25, 0.3) is 10.9 Å². The fourth-order valence-corrected chi connectivity index (χ4v) is 2.65. The van der Waals surface area contributed by atoms with Crippen molar-refractivity contribution in [2.24, 2.45) is 0 Å². The normalized spacial score (nSPS) is 10.8. The second-order valence-electron chi connectivity index (χ2n) is 5.46. The summed E-state index contributed by atoms with van der Waals surface area (Å²) in [7, 11) is 0. The first kappa shape index (κ1) is 17.0. The molecule has 1 aromatic carbocycles. The van der Waals surface area contributed by atoms with Gasteiger partial charge in [0, 0.05) is 29.7 Å². The van der Waals surface area contributed by atoms with Gasteiger partial charge in [0.05, 0.1) is 13.0 Å². The average Bonchev–Trinajstić information content (AvgIpc) is 2.80. The van der Waals surface area contributed by atoms with Crippen LogP contribution in [-0.2, 0) is 16.0 Å². The van der Waals surface area contributed by atoms with E-state index in [1.807, 2.05) is 20.8 Å². The Morgan fingerprint density at radius 3 is 2.70 bits per heavy atom. The minimum atomic E-state index is -0.333. The van der Waals surface area contributed by atoms with E-state index in [-0.39, 0.29) is 30.6 Å². The highest BCUT2D eigenvalue weighted by Gasteiger charge is 2.19. The summed E-state index contributed by atoms with van der Waals surface area (Å²) >= 11 is 0. The maximum atomic E-state index is 13.5. The van der Waals surface area contributed by atoms with E-state index in [4.69, 9.17) is 0 Å². The molecule has 1 heterocycles. The second-order valence-corrected chi connectivity index (χ2v) is 5.46. The number of amides is 2. The minimum absolute atomic E-state index is 0.0406. The van der Waals surface area contributed by atoms with Crippen LogP contribution in [0.4, 0.5) is 4.39 Å². The number of benzene rings is 1. The number of H-pyrrole nitrogens is 1. The van der Waals surface area contributed by atoms with E-state index in [0.717, 1.165) is 16.8 Å². The van der Waals surface area contributed by atoms with E-state index < -0.39 is 0 Å². The van der Waals surface area contributed by atoms with Gasteiger partial charge in [-0.05, 0) is 44.5 Å². The number of fused-ring (bicyclic) bond motifs is 1. The fraction of sp³-hybridized carbons (Fsp3) is 0.412. The maximum Gasteiger partial charge on any atom is 0.239 e. The molecule has 0 radical (unpaired) electrons. The molecule has 0 aliphatic carbocycles. The molecule has 0 saturated heterocycles. The number of hydrogen-bond donors (Lipinski definition) is 2. The molecule has 0 saturated carbocycles. The molecular weight excluding hydrogens is 297 g/mol. The Kier molecular flexibility index (Phi) is 5.36. The lowest BCUT2D eigenvalue weighted by atomic mass is 10.1. The molecular formula is C17H22FN3O2. The van der Waals surface area contributed by atoms with Crippen LogP contribution in [-0.4, -0.2) is 41.3 Å². The lowest BCUT2D eigenvalue weighted by Gasteiger charge is -2.20. The molecule has 0 aliphatic heterocycles. The second kappa shape index (κ2) is 7.26. The van der Waals surface area contributed by atoms with Crippen LogP contribution in [0.3, 0.4) is 0 Å². The van der Waals surface area contributed by atoms with Crippen molar-refractivity contribution < 1.29 is 14.0 Å². The molecule has 2 rings (SSSR count). The Balaban J connectivity index is 2.20. The molecule has 0 unspecified atom stereocenters. The summed E-state index contributed by atoms with van der Waals surface area (Å²) in [6, 6.07) is 4.48.